The molecule has 38 heavy (non-hydrogen) atoms. The lowest BCUT2D eigenvalue weighted by molar-refractivity contribution is -0.118. The van der Waals surface area contributed by atoms with Crippen molar-refractivity contribution < 1.29 is 23.9 Å². The molecule has 1 N–H and O–H groups in total. The van der Waals surface area contributed by atoms with Crippen molar-refractivity contribution in [2.75, 3.05) is 39.2 Å². The Morgan fingerprint density at radius 1 is 1.00 bits per heavy atom. The summed E-state index contributed by atoms with van der Waals surface area (Å²) in [5.74, 6) is -0.225. The maximum absolute atomic E-state index is 13.2. The highest BCUT2D eigenvalue weighted by molar-refractivity contribution is 6.21. The maximum atomic E-state index is 13.2. The van der Waals surface area contributed by atoms with Crippen LogP contribution in [0.5, 0.6) is 11.5 Å². The van der Waals surface area contributed by atoms with Crippen LogP contribution in [-0.4, -0.2) is 61.4 Å². The molecule has 2 aliphatic heterocycles. The van der Waals surface area contributed by atoms with Gasteiger partial charge in [-0.15, -0.1) is 0 Å². The second-order valence-corrected chi connectivity index (χ2v) is 9.11. The first-order chi connectivity index (χ1) is 18.4. The number of nitriles is 1. The number of amides is 3. The third kappa shape index (κ3) is 4.46. The van der Waals surface area contributed by atoms with Crippen LogP contribution in [0.1, 0.15) is 43.4 Å². The zero-order valence-corrected chi connectivity index (χ0v) is 21.1. The van der Waals surface area contributed by atoms with Crippen LogP contribution in [0, 0.1) is 11.3 Å². The Morgan fingerprint density at radius 3 is 2.29 bits per heavy atom. The molecule has 9 heteroatoms. The van der Waals surface area contributed by atoms with Gasteiger partial charge in [-0.05, 0) is 29.7 Å². The molecule has 0 aliphatic carbocycles. The standard InChI is InChI=1S/C29H26N4O5/c1-37-25-13-19(15-30)23(14-26(25)38-2)31-27(34)17-32-12-11-18-7-3-4-8-20(18)24(32)16-33-28(35)21-9-5-6-10-22(21)29(33)36/h3-10,13-14,24H,11-12,16-17H2,1-2H3,(H,31,34). The van der Waals surface area contributed by atoms with E-state index in [1.807, 2.05) is 29.2 Å². The molecule has 5 rings (SSSR count). The van der Waals surface area contributed by atoms with E-state index in [2.05, 4.69) is 11.4 Å². The number of benzene rings is 3. The van der Waals surface area contributed by atoms with Crippen LogP contribution in [0.25, 0.3) is 0 Å². The van der Waals surface area contributed by atoms with E-state index in [0.717, 1.165) is 17.5 Å². The maximum Gasteiger partial charge on any atom is 0.261 e. The number of carbonyl (C=O) groups excluding carboxylic acids is 3. The molecule has 192 valence electrons. The molecular formula is C29H26N4O5. The highest BCUT2D eigenvalue weighted by atomic mass is 16.5. The Balaban J connectivity index is 1.40. The number of rotatable bonds is 7. The van der Waals surface area contributed by atoms with E-state index in [-0.39, 0.29) is 42.4 Å². The number of nitrogens with one attached hydrogen (secondary N) is 1. The van der Waals surface area contributed by atoms with Gasteiger partial charge < -0.3 is 14.8 Å². The van der Waals surface area contributed by atoms with E-state index in [1.165, 1.54) is 25.2 Å². The van der Waals surface area contributed by atoms with Crippen molar-refractivity contribution in [3.8, 4) is 17.6 Å². The second-order valence-electron chi connectivity index (χ2n) is 9.11. The van der Waals surface area contributed by atoms with E-state index >= 15 is 0 Å². The molecular weight excluding hydrogens is 484 g/mol. The first-order valence-electron chi connectivity index (χ1n) is 12.2. The van der Waals surface area contributed by atoms with Crippen molar-refractivity contribution in [3.63, 3.8) is 0 Å². The first-order valence-corrected chi connectivity index (χ1v) is 12.2. The minimum Gasteiger partial charge on any atom is -0.493 e. The number of imide groups is 1. The molecule has 0 aromatic heterocycles. The van der Waals surface area contributed by atoms with Gasteiger partial charge in [-0.25, -0.2) is 0 Å². The first kappa shape index (κ1) is 25.0. The third-order valence-electron chi connectivity index (χ3n) is 7.02. The molecule has 3 amide bonds. The zero-order chi connectivity index (χ0) is 26.8. The molecule has 0 bridgehead atoms. The molecule has 2 aliphatic rings. The molecule has 0 saturated carbocycles. The van der Waals surface area contributed by atoms with Gasteiger partial charge >= 0.3 is 0 Å². The van der Waals surface area contributed by atoms with Crippen molar-refractivity contribution >= 4 is 23.4 Å². The van der Waals surface area contributed by atoms with E-state index in [9.17, 15) is 19.6 Å². The van der Waals surface area contributed by atoms with E-state index < -0.39 is 0 Å². The van der Waals surface area contributed by atoms with Crippen molar-refractivity contribution in [1.82, 2.24) is 9.80 Å². The molecule has 2 heterocycles. The van der Waals surface area contributed by atoms with Crippen LogP contribution >= 0.6 is 0 Å². The summed E-state index contributed by atoms with van der Waals surface area (Å²) in [6.45, 7) is 0.688. The number of ether oxygens (including phenoxy) is 2. The van der Waals surface area contributed by atoms with Crippen molar-refractivity contribution in [1.29, 1.82) is 5.26 Å². The van der Waals surface area contributed by atoms with Crippen LogP contribution in [0.15, 0.2) is 60.7 Å². The van der Waals surface area contributed by atoms with Crippen LogP contribution in [0.2, 0.25) is 0 Å². The molecule has 3 aromatic carbocycles. The quantitative estimate of drug-likeness (QED) is 0.485. The third-order valence-corrected chi connectivity index (χ3v) is 7.02. The van der Waals surface area contributed by atoms with Crippen molar-refractivity contribution in [2.45, 2.75) is 12.5 Å². The van der Waals surface area contributed by atoms with E-state index in [4.69, 9.17) is 9.47 Å². The van der Waals surface area contributed by atoms with Crippen LogP contribution < -0.4 is 14.8 Å². The smallest absolute Gasteiger partial charge is 0.261 e. The summed E-state index contributed by atoms with van der Waals surface area (Å²) in [7, 11) is 2.95. The van der Waals surface area contributed by atoms with Gasteiger partial charge in [0.05, 0.1) is 49.2 Å². The Hall–Kier alpha value is -4.68. The molecule has 0 fully saturated rings. The van der Waals surface area contributed by atoms with Crippen LogP contribution in [0.3, 0.4) is 0 Å². The average molecular weight is 511 g/mol. The second kappa shape index (κ2) is 10.4. The highest BCUT2D eigenvalue weighted by Gasteiger charge is 2.39. The molecule has 3 aromatic rings. The number of methoxy groups -OCH3 is 2. The monoisotopic (exact) mass is 510 g/mol. The molecule has 0 spiro atoms. The minimum atomic E-state index is -0.367. The number of nitrogens with zero attached hydrogens (tertiary/aromatic N) is 3. The van der Waals surface area contributed by atoms with Gasteiger partial charge in [0.15, 0.2) is 11.5 Å². The van der Waals surface area contributed by atoms with Crippen molar-refractivity contribution in [3.05, 3.63) is 88.5 Å². The summed E-state index contributed by atoms with van der Waals surface area (Å²) >= 11 is 0. The Kier molecular flexibility index (Phi) is 6.81. The SMILES string of the molecule is COc1cc(C#N)c(NC(=O)CN2CCc3ccccc3C2CN2C(=O)c3ccccc3C2=O)cc1OC. The largest absolute Gasteiger partial charge is 0.493 e. The number of anilines is 1. The Morgan fingerprint density at radius 2 is 1.63 bits per heavy atom. The molecule has 0 saturated heterocycles. The topological polar surface area (TPSA) is 112 Å². The summed E-state index contributed by atoms with van der Waals surface area (Å²) in [5, 5.41) is 12.4. The normalized spacial score (nSPS) is 16.4. The molecule has 1 atom stereocenters. The number of fused-ring (bicyclic) bond motifs is 2. The van der Waals surface area contributed by atoms with Crippen LogP contribution in [0.4, 0.5) is 5.69 Å². The lowest BCUT2D eigenvalue weighted by Crippen LogP contribution is -2.46. The summed E-state index contributed by atoms with van der Waals surface area (Å²) in [6, 6.07) is 19.5. The predicted molar refractivity (Wildman–Crippen MR) is 139 cm³/mol. The van der Waals surface area contributed by atoms with E-state index in [1.54, 1.807) is 30.3 Å². The van der Waals surface area contributed by atoms with Gasteiger partial charge in [0, 0.05) is 25.2 Å². The van der Waals surface area contributed by atoms with Crippen molar-refractivity contribution in [2.24, 2.45) is 0 Å². The van der Waals surface area contributed by atoms with E-state index in [0.29, 0.717) is 34.9 Å². The fourth-order valence-electron chi connectivity index (χ4n) is 5.13. The highest BCUT2D eigenvalue weighted by Crippen LogP contribution is 2.35. The predicted octanol–water partition coefficient (Wildman–Crippen LogP) is 3.41. The van der Waals surface area contributed by atoms with Crippen LogP contribution in [-0.2, 0) is 11.2 Å². The van der Waals surface area contributed by atoms with Gasteiger partial charge in [0.25, 0.3) is 11.8 Å². The summed E-state index contributed by atoms with van der Waals surface area (Å²) in [6.07, 6.45) is 0.724. The average Bonchev–Trinajstić information content (AvgIpc) is 3.18. The zero-order valence-electron chi connectivity index (χ0n) is 21.1. The summed E-state index contributed by atoms with van der Waals surface area (Å²) < 4.78 is 10.6. The number of hydrogen-bond acceptors (Lipinski definition) is 7. The summed E-state index contributed by atoms with van der Waals surface area (Å²) in [5.41, 5.74) is 3.43. The van der Waals surface area contributed by atoms with Gasteiger partial charge in [-0.3, -0.25) is 24.2 Å². The van der Waals surface area contributed by atoms with Gasteiger partial charge in [0.2, 0.25) is 5.91 Å². The molecule has 1 unspecified atom stereocenters. The lowest BCUT2D eigenvalue weighted by Gasteiger charge is -2.38. The molecule has 0 radical (unpaired) electrons. The minimum absolute atomic E-state index is 0.00137. The van der Waals surface area contributed by atoms with Gasteiger partial charge in [0.1, 0.15) is 6.07 Å². The number of hydrogen-bond donors (Lipinski definition) is 1. The fraction of sp³-hybridized carbons (Fsp3) is 0.241. The number of carbonyl (C=O) groups is 3. The Labute approximate surface area is 220 Å². The Bertz CT molecular complexity index is 1440. The fourth-order valence-corrected chi connectivity index (χ4v) is 5.13. The van der Waals surface area contributed by atoms with Gasteiger partial charge in [-0.1, -0.05) is 36.4 Å². The lowest BCUT2D eigenvalue weighted by atomic mass is 9.92. The van der Waals surface area contributed by atoms with Gasteiger partial charge in [-0.2, -0.15) is 5.26 Å². The molecule has 9 nitrogen and oxygen atoms in total. The summed E-state index contributed by atoms with van der Waals surface area (Å²) in [4.78, 5) is 42.7.